The van der Waals surface area contributed by atoms with Crippen LogP contribution in [0.1, 0.15) is 41.0 Å². The summed E-state index contributed by atoms with van der Waals surface area (Å²) < 4.78 is 5.73. The molecule has 0 fully saturated rings. The van der Waals surface area contributed by atoms with Gasteiger partial charge in [-0.25, -0.2) is 0 Å². The van der Waals surface area contributed by atoms with Crippen LogP contribution in [0.15, 0.2) is 0 Å². The molecule has 0 aliphatic rings. The van der Waals surface area contributed by atoms with E-state index in [4.69, 9.17) is 12.5 Å². The van der Waals surface area contributed by atoms with Crippen molar-refractivity contribution in [1.82, 2.24) is 0 Å². The van der Waals surface area contributed by atoms with Gasteiger partial charge in [0.1, 0.15) is 0 Å². The van der Waals surface area contributed by atoms with Crippen LogP contribution in [-0.4, -0.2) is 27.1 Å². The van der Waals surface area contributed by atoms with Crippen LogP contribution >= 0.6 is 0 Å². The minimum absolute atomic E-state index is 0.111. The van der Waals surface area contributed by atoms with E-state index in [2.05, 4.69) is 34.6 Å². The van der Waals surface area contributed by atoms with Crippen LogP contribution in [0.2, 0.25) is 6.32 Å². The molecule has 0 atom stereocenters. The molecule has 13 heavy (non-hydrogen) atoms. The zero-order valence-electron chi connectivity index (χ0n) is 9.68. The summed E-state index contributed by atoms with van der Waals surface area (Å²) >= 11 is 0. The van der Waals surface area contributed by atoms with Gasteiger partial charge in [0.2, 0.25) is 0 Å². The summed E-state index contributed by atoms with van der Waals surface area (Å²) in [6.07, 6.45) is 1.89. The van der Waals surface area contributed by atoms with E-state index in [1.165, 1.54) is 0 Å². The average Bonchev–Trinajstić information content (AvgIpc) is 1.82. The first-order valence-corrected chi connectivity index (χ1v) is 4.94. The van der Waals surface area contributed by atoms with E-state index in [0.717, 1.165) is 19.3 Å². The molecule has 0 spiro atoms. The molecule has 0 aromatic rings. The Labute approximate surface area is 85.3 Å². The molecular weight excluding hydrogens is 158 g/mol. The fourth-order valence-electron chi connectivity index (χ4n) is 0.976. The third kappa shape index (κ3) is 8.42. The Balaban J connectivity index is 3.63. The molecule has 1 nitrogen and oxygen atoms in total. The van der Waals surface area contributed by atoms with Crippen LogP contribution in [-0.2, 0) is 4.74 Å². The first-order valence-electron chi connectivity index (χ1n) is 4.94. The fourth-order valence-corrected chi connectivity index (χ4v) is 0.976. The van der Waals surface area contributed by atoms with E-state index in [1.54, 1.807) is 7.17 Å². The van der Waals surface area contributed by atoms with Crippen molar-refractivity contribution in [2.75, 3.05) is 6.61 Å². The molecule has 0 saturated heterocycles. The van der Waals surface area contributed by atoms with Crippen molar-refractivity contribution in [1.29, 1.82) is 0 Å². The van der Waals surface area contributed by atoms with Crippen LogP contribution in [0.25, 0.3) is 0 Å². The van der Waals surface area contributed by atoms with Crippen LogP contribution in [0, 0.1) is 5.41 Å². The molecule has 0 saturated carbocycles. The number of rotatable bonds is 5. The average molecular weight is 179 g/mol. The fraction of sp³-hybridized carbons (Fsp3) is 1.00. The molecule has 73 valence electrons. The Bertz CT molecular complexity index is 138. The van der Waals surface area contributed by atoms with Gasteiger partial charge in [-0.15, -0.1) is 0 Å². The standard InChI is InChI=1S/C10H21B2O/c1-9(2,3)6-7-13-10(4,5)8-12-11/h6-8H2,1-5H3. The van der Waals surface area contributed by atoms with Crippen LogP contribution in [0.3, 0.4) is 0 Å². The van der Waals surface area contributed by atoms with Crippen molar-refractivity contribution in [2.45, 2.75) is 53.0 Å². The van der Waals surface area contributed by atoms with Gasteiger partial charge in [-0.05, 0) is 25.7 Å². The maximum absolute atomic E-state index is 5.73. The molecule has 0 unspecified atom stereocenters. The van der Waals surface area contributed by atoms with Gasteiger partial charge < -0.3 is 4.74 Å². The van der Waals surface area contributed by atoms with Crippen molar-refractivity contribution in [2.24, 2.45) is 5.41 Å². The van der Waals surface area contributed by atoms with Crippen LogP contribution < -0.4 is 0 Å². The van der Waals surface area contributed by atoms with Crippen molar-refractivity contribution in [3.63, 3.8) is 0 Å². The molecule has 0 amide bonds. The highest BCUT2D eigenvalue weighted by Crippen LogP contribution is 2.21. The molecular formula is C10H21B2O. The zero-order valence-corrected chi connectivity index (χ0v) is 9.68. The second kappa shape index (κ2) is 5.09. The van der Waals surface area contributed by atoms with Gasteiger partial charge >= 0.3 is 0 Å². The van der Waals surface area contributed by atoms with Crippen LogP contribution in [0.5, 0.6) is 0 Å². The highest BCUT2D eigenvalue weighted by atomic mass is 16.5. The summed E-state index contributed by atoms with van der Waals surface area (Å²) in [7, 11) is 7.03. The van der Waals surface area contributed by atoms with Gasteiger partial charge in [0.15, 0.2) is 0 Å². The Morgan fingerprint density at radius 3 is 2.08 bits per heavy atom. The monoisotopic (exact) mass is 179 g/mol. The Hall–Kier alpha value is 0.0899. The lowest BCUT2D eigenvalue weighted by molar-refractivity contribution is -0.0135. The third-order valence-electron chi connectivity index (χ3n) is 1.95. The molecule has 0 bridgehead atoms. The van der Waals surface area contributed by atoms with Crippen molar-refractivity contribution in [3.05, 3.63) is 0 Å². The quantitative estimate of drug-likeness (QED) is 0.588. The molecule has 0 rings (SSSR count). The summed E-state index contributed by atoms with van der Waals surface area (Å²) in [4.78, 5) is 0. The lowest BCUT2D eigenvalue weighted by Crippen LogP contribution is -2.27. The molecule has 3 heteroatoms. The molecule has 0 aromatic heterocycles. The third-order valence-corrected chi connectivity index (χ3v) is 1.95. The van der Waals surface area contributed by atoms with Crippen molar-refractivity contribution in [3.8, 4) is 0 Å². The summed E-state index contributed by atoms with van der Waals surface area (Å²) in [5.74, 6) is 0. The number of hydrogen-bond acceptors (Lipinski definition) is 1. The molecule has 0 aromatic carbocycles. The highest BCUT2D eigenvalue weighted by Gasteiger charge is 2.18. The van der Waals surface area contributed by atoms with Gasteiger partial charge in [-0.1, -0.05) is 27.1 Å². The predicted octanol–water partition coefficient (Wildman–Crippen LogP) is 2.42. The van der Waals surface area contributed by atoms with E-state index in [0.29, 0.717) is 5.41 Å². The SMILES string of the molecule is [B][B]CC(C)(C)OCCC(C)(C)C. The first kappa shape index (κ1) is 13.1. The van der Waals surface area contributed by atoms with Crippen molar-refractivity contribution >= 4 is 14.9 Å². The normalized spacial score (nSPS) is 13.0. The Morgan fingerprint density at radius 1 is 1.15 bits per heavy atom. The Kier molecular flexibility index (Phi) is 5.13. The van der Waals surface area contributed by atoms with Crippen molar-refractivity contribution < 1.29 is 4.74 Å². The lowest BCUT2D eigenvalue weighted by Gasteiger charge is -2.27. The summed E-state index contributed by atoms with van der Waals surface area (Å²) in [5.41, 5.74) is 0.239. The molecule has 0 N–H and O–H groups in total. The summed E-state index contributed by atoms with van der Waals surface area (Å²) in [6.45, 7) is 11.6. The molecule has 3 radical (unpaired) electrons. The second-order valence-electron chi connectivity index (χ2n) is 5.36. The highest BCUT2D eigenvalue weighted by molar-refractivity contribution is 6.89. The van der Waals surface area contributed by atoms with E-state index < -0.39 is 0 Å². The smallest absolute Gasteiger partial charge is 0.0582 e. The molecule has 0 aliphatic heterocycles. The lowest BCUT2D eigenvalue weighted by atomic mass is 9.51. The maximum atomic E-state index is 5.73. The Morgan fingerprint density at radius 2 is 1.69 bits per heavy atom. The van der Waals surface area contributed by atoms with Gasteiger partial charge in [0.05, 0.1) is 12.8 Å². The largest absolute Gasteiger partial charge is 0.376 e. The summed E-state index contributed by atoms with van der Waals surface area (Å²) in [5, 5.41) is 0. The first-order chi connectivity index (χ1) is 5.77. The van der Waals surface area contributed by atoms with Crippen LogP contribution in [0.4, 0.5) is 0 Å². The second-order valence-corrected chi connectivity index (χ2v) is 5.36. The van der Waals surface area contributed by atoms with Gasteiger partial charge in [0, 0.05) is 14.3 Å². The predicted molar refractivity (Wildman–Crippen MR) is 60.4 cm³/mol. The molecule has 0 aliphatic carbocycles. The number of ether oxygens (including phenoxy) is 1. The minimum Gasteiger partial charge on any atom is -0.376 e. The molecule has 0 heterocycles. The van der Waals surface area contributed by atoms with E-state index >= 15 is 0 Å². The van der Waals surface area contributed by atoms with E-state index in [-0.39, 0.29) is 5.60 Å². The van der Waals surface area contributed by atoms with E-state index in [9.17, 15) is 0 Å². The van der Waals surface area contributed by atoms with E-state index in [1.807, 2.05) is 0 Å². The zero-order chi connectivity index (χ0) is 10.5. The minimum atomic E-state index is -0.111. The maximum Gasteiger partial charge on any atom is 0.0582 e. The summed E-state index contributed by atoms with van der Waals surface area (Å²) in [6, 6.07) is 0. The van der Waals surface area contributed by atoms with Gasteiger partial charge in [-0.3, -0.25) is 0 Å². The number of hydrogen-bond donors (Lipinski definition) is 0. The van der Waals surface area contributed by atoms with Gasteiger partial charge in [0.25, 0.3) is 0 Å². The van der Waals surface area contributed by atoms with Gasteiger partial charge in [-0.2, -0.15) is 0 Å². The topological polar surface area (TPSA) is 9.23 Å².